The van der Waals surface area contributed by atoms with Crippen molar-refractivity contribution in [1.29, 1.82) is 0 Å². The van der Waals surface area contributed by atoms with Gasteiger partial charge in [0.25, 0.3) is 0 Å². The standard InChI is InChI=1S/C29H38ClN7O3/c1-17(2)39-16-22-5-4-10-36(22)28-33-23-12-24(27-34-29(38)40-35-27)32-25(20-11-21(30)14-31-13-20)26(23)37(28)15-19-8-6-18(3)7-9-19/h11-14,17-19,22,27,35H,4-10,15-16H2,1-3H3,(H,34,38). The Balaban J connectivity index is 1.50. The van der Waals surface area contributed by atoms with Crippen LogP contribution in [0.15, 0.2) is 24.5 Å². The Labute approximate surface area is 239 Å². The van der Waals surface area contributed by atoms with Crippen LogP contribution in [0.2, 0.25) is 5.02 Å². The Morgan fingerprint density at radius 2 is 1.98 bits per heavy atom. The van der Waals surface area contributed by atoms with Gasteiger partial charge in [-0.05, 0) is 63.5 Å². The van der Waals surface area contributed by atoms with Gasteiger partial charge in [0.2, 0.25) is 5.95 Å². The molecule has 11 heteroatoms. The highest BCUT2D eigenvalue weighted by molar-refractivity contribution is 6.30. The number of carbonyl (C=O) groups is 1. The summed E-state index contributed by atoms with van der Waals surface area (Å²) in [5.74, 6) is 2.30. The number of pyridine rings is 2. The van der Waals surface area contributed by atoms with Gasteiger partial charge in [0.1, 0.15) is 0 Å². The maximum absolute atomic E-state index is 11.8. The molecule has 3 aromatic heterocycles. The van der Waals surface area contributed by atoms with Gasteiger partial charge < -0.3 is 19.0 Å². The van der Waals surface area contributed by atoms with Crippen LogP contribution in [0.3, 0.4) is 0 Å². The van der Waals surface area contributed by atoms with Crippen LogP contribution < -0.4 is 15.7 Å². The number of aromatic nitrogens is 4. The summed E-state index contributed by atoms with van der Waals surface area (Å²) >= 11 is 6.40. The summed E-state index contributed by atoms with van der Waals surface area (Å²) in [7, 11) is 0. The Hall–Kier alpha value is -2.95. The molecule has 2 N–H and O–H groups in total. The maximum Gasteiger partial charge on any atom is 0.427 e. The zero-order valence-electron chi connectivity index (χ0n) is 23.4. The number of halogens is 1. The molecule has 0 bridgehead atoms. The molecule has 3 fully saturated rings. The first-order chi connectivity index (χ1) is 19.4. The summed E-state index contributed by atoms with van der Waals surface area (Å²) in [4.78, 5) is 33.9. The normalized spacial score (nSPS) is 25.1. The minimum Gasteiger partial charge on any atom is -0.377 e. The van der Waals surface area contributed by atoms with Gasteiger partial charge in [0, 0.05) is 31.0 Å². The summed E-state index contributed by atoms with van der Waals surface area (Å²) in [6.45, 7) is 8.99. The molecule has 214 valence electrons. The van der Waals surface area contributed by atoms with E-state index in [-0.39, 0.29) is 12.1 Å². The lowest BCUT2D eigenvalue weighted by Crippen LogP contribution is -2.36. The highest BCUT2D eigenvalue weighted by Gasteiger charge is 2.33. The van der Waals surface area contributed by atoms with Crippen molar-refractivity contribution in [3.8, 4) is 11.3 Å². The van der Waals surface area contributed by atoms with Gasteiger partial charge in [0.05, 0.1) is 46.2 Å². The van der Waals surface area contributed by atoms with E-state index in [9.17, 15) is 4.79 Å². The minimum atomic E-state index is -0.588. The first kappa shape index (κ1) is 27.2. The number of imidazole rings is 1. The van der Waals surface area contributed by atoms with E-state index >= 15 is 0 Å². The van der Waals surface area contributed by atoms with Crippen LogP contribution in [0, 0.1) is 11.8 Å². The molecule has 3 aromatic rings. The topological polar surface area (TPSA) is 106 Å². The molecule has 10 nitrogen and oxygen atoms in total. The van der Waals surface area contributed by atoms with Crippen molar-refractivity contribution in [2.24, 2.45) is 11.8 Å². The Morgan fingerprint density at radius 3 is 2.70 bits per heavy atom. The van der Waals surface area contributed by atoms with Crippen molar-refractivity contribution >= 4 is 34.7 Å². The molecule has 0 radical (unpaired) electrons. The highest BCUT2D eigenvalue weighted by atomic mass is 35.5. The number of carbonyl (C=O) groups excluding carboxylic acids is 1. The van der Waals surface area contributed by atoms with E-state index in [1.807, 2.05) is 12.1 Å². The third-order valence-corrected chi connectivity index (χ3v) is 8.57. The van der Waals surface area contributed by atoms with E-state index in [2.05, 4.69) is 46.0 Å². The van der Waals surface area contributed by atoms with Gasteiger partial charge in [0.15, 0.2) is 6.17 Å². The van der Waals surface area contributed by atoms with E-state index in [1.54, 1.807) is 12.4 Å². The van der Waals surface area contributed by atoms with E-state index < -0.39 is 12.3 Å². The molecular weight excluding hydrogens is 530 g/mol. The summed E-state index contributed by atoms with van der Waals surface area (Å²) in [5, 5.41) is 3.30. The summed E-state index contributed by atoms with van der Waals surface area (Å²) in [5.41, 5.74) is 6.66. The molecule has 0 spiro atoms. The Kier molecular flexibility index (Phi) is 7.83. The second-order valence-corrected chi connectivity index (χ2v) is 12.2. The van der Waals surface area contributed by atoms with Crippen LogP contribution in [0.1, 0.15) is 71.2 Å². The Morgan fingerprint density at radius 1 is 1.15 bits per heavy atom. The first-order valence-corrected chi connectivity index (χ1v) is 14.9. The number of fused-ring (bicyclic) bond motifs is 1. The summed E-state index contributed by atoms with van der Waals surface area (Å²) < 4.78 is 8.46. The number of amides is 1. The third kappa shape index (κ3) is 5.62. The van der Waals surface area contributed by atoms with Crippen molar-refractivity contribution in [3.05, 3.63) is 35.2 Å². The number of nitrogens with zero attached hydrogens (tertiary/aromatic N) is 5. The number of hydroxylamine groups is 1. The highest BCUT2D eigenvalue weighted by Crippen LogP contribution is 2.38. The van der Waals surface area contributed by atoms with Gasteiger partial charge >= 0.3 is 6.09 Å². The van der Waals surface area contributed by atoms with Crippen molar-refractivity contribution in [1.82, 2.24) is 30.3 Å². The maximum atomic E-state index is 11.8. The summed E-state index contributed by atoms with van der Waals surface area (Å²) in [6, 6.07) is 4.09. The second kappa shape index (κ2) is 11.5. The smallest absolute Gasteiger partial charge is 0.377 e. The van der Waals surface area contributed by atoms with Crippen molar-refractivity contribution in [2.75, 3.05) is 18.1 Å². The molecule has 1 amide bonds. The van der Waals surface area contributed by atoms with Crippen molar-refractivity contribution < 1.29 is 14.4 Å². The van der Waals surface area contributed by atoms with Crippen LogP contribution in [0.4, 0.5) is 10.7 Å². The quantitative estimate of drug-likeness (QED) is 0.362. The predicted molar refractivity (Wildman–Crippen MR) is 154 cm³/mol. The first-order valence-electron chi connectivity index (χ1n) is 14.5. The number of hydrogen-bond acceptors (Lipinski definition) is 8. The molecule has 2 saturated heterocycles. The molecule has 1 aliphatic carbocycles. The number of ether oxygens (including phenoxy) is 1. The molecule has 5 heterocycles. The van der Waals surface area contributed by atoms with Gasteiger partial charge in [-0.2, -0.15) is 0 Å². The third-order valence-electron chi connectivity index (χ3n) is 8.36. The second-order valence-electron chi connectivity index (χ2n) is 11.8. The lowest BCUT2D eigenvalue weighted by Gasteiger charge is -2.30. The molecule has 6 rings (SSSR count). The molecule has 40 heavy (non-hydrogen) atoms. The van der Waals surface area contributed by atoms with Gasteiger partial charge in [-0.1, -0.05) is 31.4 Å². The van der Waals surface area contributed by atoms with Crippen LogP contribution >= 0.6 is 11.6 Å². The monoisotopic (exact) mass is 567 g/mol. The van der Waals surface area contributed by atoms with Gasteiger partial charge in [-0.25, -0.2) is 14.8 Å². The molecule has 0 aromatic carbocycles. The number of rotatable bonds is 8. The zero-order valence-corrected chi connectivity index (χ0v) is 24.2. The number of anilines is 1. The van der Waals surface area contributed by atoms with Crippen molar-refractivity contribution in [2.45, 2.75) is 84.2 Å². The fourth-order valence-corrected chi connectivity index (χ4v) is 6.39. The zero-order chi connectivity index (χ0) is 27.8. The summed E-state index contributed by atoms with van der Waals surface area (Å²) in [6.07, 6.45) is 9.53. The average molecular weight is 568 g/mol. The van der Waals surface area contributed by atoms with Crippen LogP contribution in [-0.2, 0) is 16.1 Å². The largest absolute Gasteiger partial charge is 0.427 e. The lowest BCUT2D eigenvalue weighted by molar-refractivity contribution is 0.0687. The van der Waals surface area contributed by atoms with Crippen LogP contribution in [-0.4, -0.2) is 50.9 Å². The molecule has 2 atom stereocenters. The van der Waals surface area contributed by atoms with Crippen LogP contribution in [0.5, 0.6) is 0 Å². The molecular formula is C29H38ClN7O3. The molecule has 2 unspecified atom stereocenters. The molecule has 2 aliphatic heterocycles. The van der Waals surface area contributed by atoms with E-state index in [0.29, 0.717) is 23.2 Å². The van der Waals surface area contributed by atoms with E-state index in [0.717, 1.165) is 60.1 Å². The lowest BCUT2D eigenvalue weighted by atomic mass is 9.83. The minimum absolute atomic E-state index is 0.176. The fourth-order valence-electron chi connectivity index (χ4n) is 6.22. The predicted octanol–water partition coefficient (Wildman–Crippen LogP) is 5.61. The van der Waals surface area contributed by atoms with E-state index in [4.69, 9.17) is 31.1 Å². The average Bonchev–Trinajstić information content (AvgIpc) is 3.67. The molecule has 3 aliphatic rings. The number of hydrogen-bond donors (Lipinski definition) is 2. The van der Waals surface area contributed by atoms with Gasteiger partial charge in [-0.3, -0.25) is 10.3 Å². The fraction of sp³-hybridized carbons (Fsp3) is 0.586. The van der Waals surface area contributed by atoms with Crippen LogP contribution in [0.25, 0.3) is 22.3 Å². The van der Waals surface area contributed by atoms with Gasteiger partial charge in [-0.15, -0.1) is 5.48 Å². The molecule has 1 saturated carbocycles. The van der Waals surface area contributed by atoms with Crippen molar-refractivity contribution in [3.63, 3.8) is 0 Å². The number of nitrogens with one attached hydrogen (secondary N) is 2. The SMILES string of the molecule is CC1CCC(Cn2c(N3CCCC3COC(C)C)nc3cc(C4NOC(=O)N4)nc(-c4cncc(Cl)c4)c32)CC1. The van der Waals surface area contributed by atoms with E-state index in [1.165, 1.54) is 25.7 Å². The Bertz CT molecular complexity index is 1370.